The Morgan fingerprint density at radius 3 is 2.74 bits per heavy atom. The summed E-state index contributed by atoms with van der Waals surface area (Å²) < 4.78 is 1.55. The highest BCUT2D eigenvalue weighted by Gasteiger charge is 2.24. The number of hydrogen-bond acceptors (Lipinski definition) is 3. The lowest BCUT2D eigenvalue weighted by Gasteiger charge is -2.13. The van der Waals surface area contributed by atoms with Gasteiger partial charge in [0.1, 0.15) is 5.69 Å². The van der Waals surface area contributed by atoms with Gasteiger partial charge < -0.3 is 15.0 Å². The van der Waals surface area contributed by atoms with E-state index in [0.29, 0.717) is 15.6 Å². The highest BCUT2D eigenvalue weighted by atomic mass is 35.5. The van der Waals surface area contributed by atoms with Crippen molar-refractivity contribution in [2.75, 3.05) is 0 Å². The predicted molar refractivity (Wildman–Crippen MR) is 72.6 cm³/mol. The minimum absolute atomic E-state index is 0.313. The Bertz CT molecular complexity index is 607. The molecule has 100 valence electrons. The van der Waals surface area contributed by atoms with Crippen molar-refractivity contribution in [2.24, 2.45) is 7.05 Å². The van der Waals surface area contributed by atoms with Crippen LogP contribution in [0.25, 0.3) is 0 Å². The minimum Gasteiger partial charge on any atom is -0.479 e. The quantitative estimate of drug-likeness (QED) is 0.910. The normalized spacial score (nSPS) is 12.1. The zero-order valence-electron chi connectivity index (χ0n) is 9.96. The Labute approximate surface area is 118 Å². The van der Waals surface area contributed by atoms with E-state index in [1.165, 1.54) is 17.4 Å². The van der Waals surface area contributed by atoms with E-state index in [2.05, 4.69) is 5.32 Å². The molecule has 0 radical (unpaired) electrons. The lowest BCUT2D eigenvalue weighted by molar-refractivity contribution is -0.139. The summed E-state index contributed by atoms with van der Waals surface area (Å²) in [6.45, 7) is 0. The maximum atomic E-state index is 12.0. The average Bonchev–Trinajstić information content (AvgIpc) is 2.95. The molecular weight excluding hydrogens is 288 g/mol. The zero-order chi connectivity index (χ0) is 14.0. The molecule has 1 atom stereocenters. The second-order valence-electron chi connectivity index (χ2n) is 3.91. The fraction of sp³-hybridized carbons (Fsp3) is 0.167. The molecular formula is C12H11ClN2O3S. The van der Waals surface area contributed by atoms with Crippen molar-refractivity contribution in [3.05, 3.63) is 45.4 Å². The number of carboxylic acids is 1. The lowest BCUT2D eigenvalue weighted by atomic mass is 10.2. The number of nitrogens with one attached hydrogen (secondary N) is 1. The molecule has 2 aromatic rings. The van der Waals surface area contributed by atoms with Gasteiger partial charge in [0, 0.05) is 18.1 Å². The molecule has 19 heavy (non-hydrogen) atoms. The topological polar surface area (TPSA) is 71.3 Å². The van der Waals surface area contributed by atoms with Gasteiger partial charge in [-0.2, -0.15) is 0 Å². The van der Waals surface area contributed by atoms with Crippen molar-refractivity contribution in [3.8, 4) is 0 Å². The summed E-state index contributed by atoms with van der Waals surface area (Å²) >= 11 is 7.07. The maximum Gasteiger partial charge on any atom is 0.331 e. The molecule has 2 heterocycles. The fourth-order valence-corrected chi connectivity index (χ4v) is 2.68. The van der Waals surface area contributed by atoms with Crippen molar-refractivity contribution < 1.29 is 14.7 Å². The summed E-state index contributed by atoms with van der Waals surface area (Å²) in [4.78, 5) is 23.8. The molecule has 0 aliphatic heterocycles. The highest BCUT2D eigenvalue weighted by molar-refractivity contribution is 7.10. The van der Waals surface area contributed by atoms with Crippen LogP contribution in [0.2, 0.25) is 5.02 Å². The zero-order valence-corrected chi connectivity index (χ0v) is 11.5. The second kappa shape index (κ2) is 5.46. The van der Waals surface area contributed by atoms with Crippen LogP contribution in [0.5, 0.6) is 0 Å². The second-order valence-corrected chi connectivity index (χ2v) is 5.33. The van der Waals surface area contributed by atoms with E-state index < -0.39 is 17.9 Å². The van der Waals surface area contributed by atoms with E-state index >= 15 is 0 Å². The summed E-state index contributed by atoms with van der Waals surface area (Å²) in [5, 5.41) is 13.8. The maximum absolute atomic E-state index is 12.0. The molecule has 2 aromatic heterocycles. The van der Waals surface area contributed by atoms with Crippen LogP contribution in [0.4, 0.5) is 0 Å². The molecule has 0 spiro atoms. The van der Waals surface area contributed by atoms with Gasteiger partial charge in [-0.15, -0.1) is 11.3 Å². The van der Waals surface area contributed by atoms with E-state index in [-0.39, 0.29) is 0 Å². The van der Waals surface area contributed by atoms with Crippen LogP contribution in [-0.2, 0) is 11.8 Å². The number of rotatable bonds is 4. The Morgan fingerprint density at radius 1 is 1.53 bits per heavy atom. The van der Waals surface area contributed by atoms with Crippen molar-refractivity contribution >= 4 is 34.8 Å². The Balaban J connectivity index is 2.21. The highest BCUT2D eigenvalue weighted by Crippen LogP contribution is 2.20. The summed E-state index contributed by atoms with van der Waals surface area (Å²) in [5.74, 6) is -1.58. The number of amides is 1. The largest absolute Gasteiger partial charge is 0.479 e. The number of halogens is 1. The first kappa shape index (κ1) is 13.6. The van der Waals surface area contributed by atoms with Gasteiger partial charge in [0.2, 0.25) is 0 Å². The van der Waals surface area contributed by atoms with Crippen molar-refractivity contribution in [1.29, 1.82) is 0 Å². The van der Waals surface area contributed by atoms with Crippen LogP contribution in [0.15, 0.2) is 29.8 Å². The molecule has 1 unspecified atom stereocenters. The Kier molecular flexibility index (Phi) is 3.92. The van der Waals surface area contributed by atoms with Gasteiger partial charge in [-0.1, -0.05) is 17.7 Å². The van der Waals surface area contributed by atoms with Crippen molar-refractivity contribution in [3.63, 3.8) is 0 Å². The molecule has 1 amide bonds. The van der Waals surface area contributed by atoms with Crippen molar-refractivity contribution in [2.45, 2.75) is 6.04 Å². The van der Waals surface area contributed by atoms with Crippen molar-refractivity contribution in [1.82, 2.24) is 9.88 Å². The summed E-state index contributed by atoms with van der Waals surface area (Å²) in [7, 11) is 1.67. The average molecular weight is 299 g/mol. The van der Waals surface area contributed by atoms with E-state index in [4.69, 9.17) is 11.6 Å². The third-order valence-corrected chi connectivity index (χ3v) is 3.70. The third kappa shape index (κ3) is 2.97. The summed E-state index contributed by atoms with van der Waals surface area (Å²) in [6, 6.07) is 3.84. The van der Waals surface area contributed by atoms with Gasteiger partial charge in [-0.25, -0.2) is 4.79 Å². The summed E-state index contributed by atoms with van der Waals surface area (Å²) in [5.41, 5.74) is 0.313. The number of hydrogen-bond donors (Lipinski definition) is 2. The number of carbonyl (C=O) groups is 2. The van der Waals surface area contributed by atoms with Crippen LogP contribution in [-0.4, -0.2) is 21.6 Å². The van der Waals surface area contributed by atoms with Crippen LogP contribution >= 0.6 is 22.9 Å². The standard InChI is InChI=1S/C12H11ClN2O3S/c1-15-6-7(13)5-8(15)11(16)14-10(12(17)18)9-3-2-4-19-9/h2-6,10H,1H3,(H,14,16)(H,17,18). The molecule has 5 nitrogen and oxygen atoms in total. The Morgan fingerprint density at radius 2 is 2.26 bits per heavy atom. The molecule has 0 bridgehead atoms. The number of thiophene rings is 1. The van der Waals surface area contributed by atoms with Crippen LogP contribution in [0.1, 0.15) is 21.4 Å². The lowest BCUT2D eigenvalue weighted by Crippen LogP contribution is -2.34. The van der Waals surface area contributed by atoms with Crippen LogP contribution in [0, 0.1) is 0 Å². The molecule has 0 fully saturated rings. The molecule has 0 saturated carbocycles. The fourth-order valence-electron chi connectivity index (χ4n) is 1.67. The number of carboxylic acid groups (broad SMARTS) is 1. The van der Waals surface area contributed by atoms with Gasteiger partial charge >= 0.3 is 5.97 Å². The van der Waals surface area contributed by atoms with Gasteiger partial charge in [0.25, 0.3) is 5.91 Å². The van der Waals surface area contributed by atoms with Gasteiger partial charge in [-0.3, -0.25) is 4.79 Å². The molecule has 0 aliphatic rings. The minimum atomic E-state index is -1.10. The molecule has 0 saturated heterocycles. The van der Waals surface area contributed by atoms with E-state index in [0.717, 1.165) is 0 Å². The van der Waals surface area contributed by atoms with E-state index in [1.807, 2.05) is 0 Å². The van der Waals surface area contributed by atoms with Crippen LogP contribution in [0.3, 0.4) is 0 Å². The first-order valence-corrected chi connectivity index (χ1v) is 6.63. The smallest absolute Gasteiger partial charge is 0.331 e. The van der Waals surface area contributed by atoms with Gasteiger partial charge in [0.05, 0.1) is 5.02 Å². The van der Waals surface area contributed by atoms with Gasteiger partial charge in [-0.05, 0) is 17.5 Å². The number of aliphatic carboxylic acids is 1. The number of aryl methyl sites for hydroxylation is 1. The van der Waals surface area contributed by atoms with Gasteiger partial charge in [0.15, 0.2) is 6.04 Å². The van der Waals surface area contributed by atoms with E-state index in [9.17, 15) is 14.7 Å². The summed E-state index contributed by atoms with van der Waals surface area (Å²) in [6.07, 6.45) is 1.58. The SMILES string of the molecule is Cn1cc(Cl)cc1C(=O)NC(C(=O)O)c1cccs1. The number of carbonyl (C=O) groups excluding carboxylic acids is 1. The number of aromatic nitrogens is 1. The first-order chi connectivity index (χ1) is 8.99. The third-order valence-electron chi connectivity index (χ3n) is 2.55. The first-order valence-electron chi connectivity index (χ1n) is 5.38. The predicted octanol–water partition coefficient (Wildman–Crippen LogP) is 2.30. The van der Waals surface area contributed by atoms with E-state index in [1.54, 1.807) is 35.3 Å². The molecule has 2 rings (SSSR count). The Hall–Kier alpha value is -1.79. The molecule has 7 heteroatoms. The molecule has 0 aliphatic carbocycles. The molecule has 0 aromatic carbocycles. The monoisotopic (exact) mass is 298 g/mol. The molecule has 2 N–H and O–H groups in total. The van der Waals surface area contributed by atoms with Crippen LogP contribution < -0.4 is 5.32 Å². The number of nitrogens with zero attached hydrogens (tertiary/aromatic N) is 1.